The van der Waals surface area contributed by atoms with Crippen molar-refractivity contribution >= 4 is 5.91 Å². The van der Waals surface area contributed by atoms with Crippen LogP contribution in [-0.2, 0) is 0 Å². The highest BCUT2D eigenvalue weighted by molar-refractivity contribution is 5.92. The third kappa shape index (κ3) is 3.57. The lowest BCUT2D eigenvalue weighted by Gasteiger charge is -2.32. The van der Waals surface area contributed by atoms with Crippen LogP contribution in [0.5, 0.6) is 0 Å². The van der Waals surface area contributed by atoms with Gasteiger partial charge in [-0.2, -0.15) is 4.98 Å². The summed E-state index contributed by atoms with van der Waals surface area (Å²) in [5.74, 6) is 0.757. The lowest BCUT2D eigenvalue weighted by atomic mass is 10.1. The molecule has 0 saturated carbocycles. The zero-order valence-electron chi connectivity index (χ0n) is 16.1. The Morgan fingerprint density at radius 2 is 1.97 bits per heavy atom. The van der Waals surface area contributed by atoms with Gasteiger partial charge in [-0.25, -0.2) is 4.68 Å². The van der Waals surface area contributed by atoms with Gasteiger partial charge in [0.05, 0.1) is 12.2 Å². The maximum absolute atomic E-state index is 12.7. The van der Waals surface area contributed by atoms with Crippen molar-refractivity contribution in [1.82, 2.24) is 35.0 Å². The molecule has 0 N–H and O–H groups in total. The summed E-state index contributed by atoms with van der Waals surface area (Å²) in [6.07, 6.45) is 5.22. The van der Waals surface area contributed by atoms with Crippen LogP contribution in [0.2, 0.25) is 0 Å². The van der Waals surface area contributed by atoms with Gasteiger partial charge in [0, 0.05) is 24.8 Å². The maximum Gasteiger partial charge on any atom is 0.280 e. The largest absolute Gasteiger partial charge is 0.335 e. The number of carbonyl (C=O) groups is 1. The van der Waals surface area contributed by atoms with Gasteiger partial charge in [-0.15, -0.1) is 5.10 Å². The van der Waals surface area contributed by atoms with E-state index in [1.165, 1.54) is 0 Å². The fourth-order valence-electron chi connectivity index (χ4n) is 3.59. The van der Waals surface area contributed by atoms with Crippen molar-refractivity contribution < 1.29 is 9.32 Å². The third-order valence-corrected chi connectivity index (χ3v) is 5.13. The number of nitrogens with zero attached hydrogens (tertiary/aromatic N) is 7. The molecule has 0 spiro atoms. The SMILES string of the molecule is O=C(c1ccccn1)N1CCC[C@H](n2cc(-c3nc(-c4ccccc4)no3)nn2)C1. The summed E-state index contributed by atoms with van der Waals surface area (Å²) >= 11 is 0. The van der Waals surface area contributed by atoms with Crippen LogP contribution < -0.4 is 0 Å². The van der Waals surface area contributed by atoms with Gasteiger partial charge in [0.2, 0.25) is 5.82 Å². The Balaban J connectivity index is 1.32. The van der Waals surface area contributed by atoms with Crippen LogP contribution in [0.25, 0.3) is 23.0 Å². The van der Waals surface area contributed by atoms with Crippen molar-refractivity contribution in [3.63, 3.8) is 0 Å². The number of pyridine rings is 1. The first-order valence-electron chi connectivity index (χ1n) is 9.79. The predicted molar refractivity (Wildman–Crippen MR) is 107 cm³/mol. The van der Waals surface area contributed by atoms with Gasteiger partial charge >= 0.3 is 0 Å². The van der Waals surface area contributed by atoms with E-state index in [0.717, 1.165) is 18.4 Å². The second-order valence-corrected chi connectivity index (χ2v) is 7.14. The second kappa shape index (κ2) is 7.86. The van der Waals surface area contributed by atoms with Crippen LogP contribution in [0.1, 0.15) is 29.4 Å². The van der Waals surface area contributed by atoms with Crippen molar-refractivity contribution in [1.29, 1.82) is 0 Å². The first-order valence-corrected chi connectivity index (χ1v) is 9.79. The van der Waals surface area contributed by atoms with E-state index < -0.39 is 0 Å². The zero-order valence-corrected chi connectivity index (χ0v) is 16.1. The first-order chi connectivity index (χ1) is 14.8. The predicted octanol–water partition coefficient (Wildman–Crippen LogP) is 2.87. The fourth-order valence-corrected chi connectivity index (χ4v) is 3.59. The Morgan fingerprint density at radius 1 is 1.10 bits per heavy atom. The molecule has 1 saturated heterocycles. The van der Waals surface area contributed by atoms with Gasteiger partial charge in [-0.05, 0) is 25.0 Å². The smallest absolute Gasteiger partial charge is 0.280 e. The normalized spacial score (nSPS) is 16.5. The number of piperidine rings is 1. The van der Waals surface area contributed by atoms with Crippen LogP contribution in [-0.4, -0.2) is 54.0 Å². The van der Waals surface area contributed by atoms with E-state index >= 15 is 0 Å². The lowest BCUT2D eigenvalue weighted by molar-refractivity contribution is 0.0666. The summed E-state index contributed by atoms with van der Waals surface area (Å²) in [5, 5.41) is 12.5. The summed E-state index contributed by atoms with van der Waals surface area (Å²) < 4.78 is 7.15. The average molecular weight is 401 g/mol. The third-order valence-electron chi connectivity index (χ3n) is 5.13. The summed E-state index contributed by atoms with van der Waals surface area (Å²) in [6, 6.07) is 15.0. The molecule has 5 rings (SSSR count). The molecule has 1 aromatic carbocycles. The molecule has 0 aliphatic carbocycles. The van der Waals surface area contributed by atoms with Crippen LogP contribution in [0.4, 0.5) is 0 Å². The van der Waals surface area contributed by atoms with E-state index in [0.29, 0.717) is 36.2 Å². The minimum absolute atomic E-state index is 0.0316. The van der Waals surface area contributed by atoms with Crippen molar-refractivity contribution in [2.24, 2.45) is 0 Å². The minimum Gasteiger partial charge on any atom is -0.335 e. The number of amides is 1. The Labute approximate surface area is 172 Å². The molecular formula is C21H19N7O2. The van der Waals surface area contributed by atoms with E-state index in [2.05, 4.69) is 25.4 Å². The Kier molecular flexibility index (Phi) is 4.76. The summed E-state index contributed by atoms with van der Waals surface area (Å²) in [7, 11) is 0. The monoisotopic (exact) mass is 401 g/mol. The Hall–Kier alpha value is -3.88. The minimum atomic E-state index is -0.0648. The molecule has 0 bridgehead atoms. The van der Waals surface area contributed by atoms with E-state index in [4.69, 9.17) is 4.52 Å². The number of hydrogen-bond acceptors (Lipinski definition) is 7. The first kappa shape index (κ1) is 18.2. The molecule has 9 nitrogen and oxygen atoms in total. The molecule has 0 unspecified atom stereocenters. The fraction of sp³-hybridized carbons (Fsp3) is 0.238. The molecule has 1 aliphatic heterocycles. The highest BCUT2D eigenvalue weighted by Gasteiger charge is 2.27. The van der Waals surface area contributed by atoms with Gasteiger partial charge < -0.3 is 9.42 Å². The molecule has 150 valence electrons. The quantitative estimate of drug-likeness (QED) is 0.518. The number of carbonyl (C=O) groups excluding carboxylic acids is 1. The van der Waals surface area contributed by atoms with Crippen LogP contribution >= 0.6 is 0 Å². The standard InChI is InChI=1S/C21H19N7O2/c29-21(17-10-4-5-11-22-17)27-12-6-9-16(13-27)28-14-18(24-26-28)20-23-19(25-30-20)15-7-2-1-3-8-15/h1-5,7-8,10-11,14,16H,6,9,12-13H2/t16-/m0/s1. The van der Waals surface area contributed by atoms with E-state index in [1.807, 2.05) is 41.3 Å². The summed E-state index contributed by atoms with van der Waals surface area (Å²) in [6.45, 7) is 1.26. The molecule has 30 heavy (non-hydrogen) atoms. The number of rotatable bonds is 4. The molecule has 1 atom stereocenters. The molecule has 4 heterocycles. The summed E-state index contributed by atoms with van der Waals surface area (Å²) in [5.41, 5.74) is 1.84. The molecule has 3 aromatic heterocycles. The second-order valence-electron chi connectivity index (χ2n) is 7.14. The van der Waals surface area contributed by atoms with Gasteiger partial charge in [0.15, 0.2) is 5.69 Å². The van der Waals surface area contributed by atoms with Gasteiger partial charge in [0.1, 0.15) is 5.69 Å². The molecular weight excluding hydrogens is 382 g/mol. The van der Waals surface area contributed by atoms with Gasteiger partial charge in [-0.1, -0.05) is 46.8 Å². The maximum atomic E-state index is 12.7. The molecule has 9 heteroatoms. The van der Waals surface area contributed by atoms with Crippen molar-refractivity contribution in [2.45, 2.75) is 18.9 Å². The number of aromatic nitrogens is 6. The van der Waals surface area contributed by atoms with E-state index in [1.54, 1.807) is 29.2 Å². The highest BCUT2D eigenvalue weighted by atomic mass is 16.5. The van der Waals surface area contributed by atoms with Crippen LogP contribution in [0.15, 0.2) is 65.4 Å². The van der Waals surface area contributed by atoms with Crippen molar-refractivity contribution in [3.8, 4) is 23.0 Å². The zero-order chi connectivity index (χ0) is 20.3. The number of likely N-dealkylation sites (tertiary alicyclic amines) is 1. The van der Waals surface area contributed by atoms with Crippen LogP contribution in [0, 0.1) is 0 Å². The van der Waals surface area contributed by atoms with Gasteiger partial charge in [-0.3, -0.25) is 9.78 Å². The molecule has 4 aromatic rings. The van der Waals surface area contributed by atoms with Gasteiger partial charge in [0.25, 0.3) is 11.8 Å². The highest BCUT2D eigenvalue weighted by Crippen LogP contribution is 2.25. The number of benzene rings is 1. The molecule has 1 aliphatic rings. The van der Waals surface area contributed by atoms with E-state index in [-0.39, 0.29) is 11.9 Å². The molecule has 0 radical (unpaired) electrons. The van der Waals surface area contributed by atoms with E-state index in [9.17, 15) is 4.79 Å². The van der Waals surface area contributed by atoms with Crippen LogP contribution in [0.3, 0.4) is 0 Å². The van der Waals surface area contributed by atoms with Crippen molar-refractivity contribution in [2.75, 3.05) is 13.1 Å². The number of hydrogen-bond donors (Lipinski definition) is 0. The molecule has 1 amide bonds. The molecule has 1 fully saturated rings. The average Bonchev–Trinajstić information content (AvgIpc) is 3.50. The lowest BCUT2D eigenvalue weighted by Crippen LogP contribution is -2.41. The Bertz CT molecular complexity index is 1140. The van der Waals surface area contributed by atoms with Crippen molar-refractivity contribution in [3.05, 3.63) is 66.6 Å². The Morgan fingerprint density at radius 3 is 2.80 bits per heavy atom. The topological polar surface area (TPSA) is 103 Å². The summed E-state index contributed by atoms with van der Waals surface area (Å²) in [4.78, 5) is 23.1.